The predicted molar refractivity (Wildman–Crippen MR) is 87.4 cm³/mol. The Hall–Kier alpha value is -1.02. The molecule has 0 fully saturated rings. The maximum Gasteiger partial charge on any atom is 0.122 e. The standard InChI is InChI=1S/C18H31NO/c1-6-7-8-9-10-14(2)16-11-15(3)18(20)17(12-16)13-19(4)5/h11-12,14,20H,6-10,13H2,1-5H3. The van der Waals surface area contributed by atoms with Crippen molar-refractivity contribution in [2.45, 2.75) is 65.3 Å². The lowest BCUT2D eigenvalue weighted by atomic mass is 9.91. The number of benzene rings is 1. The van der Waals surface area contributed by atoms with E-state index >= 15 is 0 Å². The zero-order valence-electron chi connectivity index (χ0n) is 13.9. The van der Waals surface area contributed by atoms with Gasteiger partial charge in [-0.05, 0) is 44.5 Å². The van der Waals surface area contributed by atoms with Gasteiger partial charge in [0.15, 0.2) is 0 Å². The summed E-state index contributed by atoms with van der Waals surface area (Å²) in [6.07, 6.45) is 6.51. The van der Waals surface area contributed by atoms with E-state index in [1.807, 2.05) is 21.0 Å². The second kappa shape index (κ2) is 8.31. The molecule has 0 saturated heterocycles. The highest BCUT2D eigenvalue weighted by molar-refractivity contribution is 5.44. The largest absolute Gasteiger partial charge is 0.507 e. The Kier molecular flexibility index (Phi) is 7.08. The summed E-state index contributed by atoms with van der Waals surface area (Å²) in [5.74, 6) is 1.03. The van der Waals surface area contributed by atoms with Crippen LogP contribution >= 0.6 is 0 Å². The monoisotopic (exact) mass is 277 g/mol. The van der Waals surface area contributed by atoms with Crippen molar-refractivity contribution in [3.8, 4) is 5.75 Å². The molecule has 1 unspecified atom stereocenters. The first-order valence-electron chi connectivity index (χ1n) is 7.92. The van der Waals surface area contributed by atoms with Gasteiger partial charge >= 0.3 is 0 Å². The maximum absolute atomic E-state index is 10.2. The average molecular weight is 277 g/mol. The molecule has 0 aliphatic rings. The van der Waals surface area contributed by atoms with Crippen molar-refractivity contribution in [3.63, 3.8) is 0 Å². The van der Waals surface area contributed by atoms with E-state index in [1.165, 1.54) is 37.7 Å². The first-order valence-corrected chi connectivity index (χ1v) is 7.92. The van der Waals surface area contributed by atoms with Crippen LogP contribution in [0.4, 0.5) is 0 Å². The first kappa shape index (κ1) is 17.0. The van der Waals surface area contributed by atoms with Crippen LogP contribution in [0.1, 0.15) is 68.6 Å². The van der Waals surface area contributed by atoms with Gasteiger partial charge in [0.2, 0.25) is 0 Å². The quantitative estimate of drug-likeness (QED) is 0.688. The lowest BCUT2D eigenvalue weighted by Crippen LogP contribution is -2.11. The van der Waals surface area contributed by atoms with Crippen molar-refractivity contribution in [2.24, 2.45) is 0 Å². The minimum absolute atomic E-state index is 0.459. The number of aryl methyl sites for hydroxylation is 1. The summed E-state index contributed by atoms with van der Waals surface area (Å²) < 4.78 is 0. The van der Waals surface area contributed by atoms with Crippen LogP contribution in [0.5, 0.6) is 5.75 Å². The molecule has 1 rings (SSSR count). The van der Waals surface area contributed by atoms with Crippen molar-refractivity contribution in [1.29, 1.82) is 0 Å². The number of hydrogen-bond donors (Lipinski definition) is 1. The summed E-state index contributed by atoms with van der Waals surface area (Å²) in [7, 11) is 4.07. The Bertz CT molecular complexity index is 412. The fraction of sp³-hybridized carbons (Fsp3) is 0.667. The maximum atomic E-state index is 10.2. The van der Waals surface area contributed by atoms with Crippen LogP contribution in [0.3, 0.4) is 0 Å². The molecule has 0 spiro atoms. The smallest absolute Gasteiger partial charge is 0.122 e. The van der Waals surface area contributed by atoms with Crippen molar-refractivity contribution in [1.82, 2.24) is 4.90 Å². The van der Waals surface area contributed by atoms with Crippen molar-refractivity contribution in [3.05, 3.63) is 28.8 Å². The van der Waals surface area contributed by atoms with Gasteiger partial charge in [0.25, 0.3) is 0 Å². The number of unbranched alkanes of at least 4 members (excludes halogenated alkanes) is 3. The molecule has 0 bridgehead atoms. The molecule has 0 amide bonds. The van der Waals surface area contributed by atoms with E-state index in [0.717, 1.165) is 17.7 Å². The van der Waals surface area contributed by atoms with Crippen molar-refractivity contribution in [2.75, 3.05) is 14.1 Å². The summed E-state index contributed by atoms with van der Waals surface area (Å²) in [6, 6.07) is 4.34. The molecule has 1 aromatic rings. The van der Waals surface area contributed by atoms with Crippen LogP contribution in [0, 0.1) is 6.92 Å². The number of rotatable bonds is 8. The van der Waals surface area contributed by atoms with Gasteiger partial charge in [-0.2, -0.15) is 0 Å². The van der Waals surface area contributed by atoms with Crippen LogP contribution in [0.15, 0.2) is 12.1 Å². The summed E-state index contributed by atoms with van der Waals surface area (Å²) in [5.41, 5.74) is 3.42. The average Bonchev–Trinajstić information content (AvgIpc) is 2.39. The SMILES string of the molecule is CCCCCCC(C)c1cc(C)c(O)c(CN(C)C)c1. The second-order valence-corrected chi connectivity index (χ2v) is 6.33. The van der Waals surface area contributed by atoms with E-state index in [2.05, 4.69) is 30.9 Å². The number of nitrogens with zero attached hydrogens (tertiary/aromatic N) is 1. The van der Waals surface area contributed by atoms with Gasteiger partial charge < -0.3 is 10.0 Å². The highest BCUT2D eigenvalue weighted by Crippen LogP contribution is 2.30. The summed E-state index contributed by atoms with van der Waals surface area (Å²) in [6.45, 7) is 7.35. The molecule has 0 aromatic heterocycles. The number of phenolic OH excluding ortho intramolecular Hbond substituents is 1. The summed E-state index contributed by atoms with van der Waals surface area (Å²) in [5, 5.41) is 10.2. The third kappa shape index (κ3) is 5.16. The third-order valence-electron chi connectivity index (χ3n) is 3.95. The molecule has 114 valence electrons. The van der Waals surface area contributed by atoms with E-state index in [0.29, 0.717) is 11.7 Å². The van der Waals surface area contributed by atoms with Gasteiger partial charge in [0.05, 0.1) is 0 Å². The van der Waals surface area contributed by atoms with Gasteiger partial charge in [-0.15, -0.1) is 0 Å². The highest BCUT2D eigenvalue weighted by atomic mass is 16.3. The Balaban J connectivity index is 2.76. The topological polar surface area (TPSA) is 23.5 Å². The van der Waals surface area contributed by atoms with Gasteiger partial charge in [-0.3, -0.25) is 0 Å². The van der Waals surface area contributed by atoms with Gasteiger partial charge in [-0.1, -0.05) is 51.7 Å². The molecular weight excluding hydrogens is 246 g/mol. The Morgan fingerprint density at radius 2 is 1.85 bits per heavy atom. The van der Waals surface area contributed by atoms with Crippen LogP contribution in [-0.2, 0) is 6.54 Å². The summed E-state index contributed by atoms with van der Waals surface area (Å²) >= 11 is 0. The van der Waals surface area contributed by atoms with E-state index in [1.54, 1.807) is 0 Å². The third-order valence-corrected chi connectivity index (χ3v) is 3.95. The zero-order chi connectivity index (χ0) is 15.1. The zero-order valence-corrected chi connectivity index (χ0v) is 13.9. The molecular formula is C18H31NO. The molecule has 0 radical (unpaired) electrons. The Morgan fingerprint density at radius 3 is 2.45 bits per heavy atom. The minimum Gasteiger partial charge on any atom is -0.507 e. The molecule has 2 nitrogen and oxygen atoms in total. The fourth-order valence-electron chi connectivity index (χ4n) is 2.67. The normalized spacial score (nSPS) is 12.9. The molecule has 0 saturated carbocycles. The van der Waals surface area contributed by atoms with Crippen LogP contribution in [-0.4, -0.2) is 24.1 Å². The lowest BCUT2D eigenvalue weighted by Gasteiger charge is -2.18. The number of phenols is 1. The number of hydrogen-bond acceptors (Lipinski definition) is 2. The Morgan fingerprint density at radius 1 is 1.15 bits per heavy atom. The lowest BCUT2D eigenvalue weighted by molar-refractivity contribution is 0.384. The molecule has 2 heteroatoms. The minimum atomic E-state index is 0.459. The van der Waals surface area contributed by atoms with Crippen LogP contribution < -0.4 is 0 Å². The summed E-state index contributed by atoms with van der Waals surface area (Å²) in [4.78, 5) is 2.10. The molecule has 0 heterocycles. The van der Waals surface area contributed by atoms with Gasteiger partial charge in [-0.25, -0.2) is 0 Å². The van der Waals surface area contributed by atoms with Crippen LogP contribution in [0.25, 0.3) is 0 Å². The molecule has 20 heavy (non-hydrogen) atoms. The first-order chi connectivity index (χ1) is 9.45. The predicted octanol–water partition coefficient (Wildman–Crippen LogP) is 4.84. The van der Waals surface area contributed by atoms with Crippen molar-refractivity contribution < 1.29 is 5.11 Å². The van der Waals surface area contributed by atoms with E-state index in [-0.39, 0.29) is 0 Å². The molecule has 0 aliphatic heterocycles. The van der Waals surface area contributed by atoms with E-state index < -0.39 is 0 Å². The fourth-order valence-corrected chi connectivity index (χ4v) is 2.67. The molecule has 1 atom stereocenters. The Labute approximate surface area is 124 Å². The van der Waals surface area contributed by atoms with E-state index in [4.69, 9.17) is 0 Å². The number of aromatic hydroxyl groups is 1. The molecule has 1 aromatic carbocycles. The van der Waals surface area contributed by atoms with Gasteiger partial charge in [0.1, 0.15) is 5.75 Å². The van der Waals surface area contributed by atoms with Gasteiger partial charge in [0, 0.05) is 12.1 Å². The van der Waals surface area contributed by atoms with Crippen LogP contribution in [0.2, 0.25) is 0 Å². The molecule has 0 aliphatic carbocycles. The van der Waals surface area contributed by atoms with Crippen molar-refractivity contribution >= 4 is 0 Å². The van der Waals surface area contributed by atoms with E-state index in [9.17, 15) is 5.11 Å². The highest BCUT2D eigenvalue weighted by Gasteiger charge is 2.12. The molecule has 1 N–H and O–H groups in total. The second-order valence-electron chi connectivity index (χ2n) is 6.33.